The van der Waals surface area contributed by atoms with Gasteiger partial charge in [0.1, 0.15) is 23.5 Å². The minimum atomic E-state index is -1.01. The number of rotatable bonds is 5. The Kier molecular flexibility index (Phi) is 6.65. The molecule has 1 heterocycles. The average molecular weight is 411 g/mol. The summed E-state index contributed by atoms with van der Waals surface area (Å²) in [6.07, 6.45) is 1.24. The third kappa shape index (κ3) is 5.75. The molecule has 1 amide bonds. The molecule has 2 aromatic carbocycles. The number of benzene rings is 2. The molecule has 1 aliphatic heterocycles. The minimum Gasteiger partial charge on any atom is -0.488 e. The van der Waals surface area contributed by atoms with Crippen LogP contribution in [0, 0.1) is 0 Å². The average Bonchev–Trinajstić information content (AvgIpc) is 2.72. The second-order valence-corrected chi connectivity index (χ2v) is 8.58. The molecule has 0 saturated carbocycles. The number of hydrogen-bond donors (Lipinski definition) is 1. The van der Waals surface area contributed by atoms with Gasteiger partial charge < -0.3 is 19.5 Å². The highest BCUT2D eigenvalue weighted by atomic mass is 16.6. The van der Waals surface area contributed by atoms with Crippen molar-refractivity contribution in [3.63, 3.8) is 0 Å². The summed E-state index contributed by atoms with van der Waals surface area (Å²) < 4.78 is 11.2. The molecule has 1 aliphatic rings. The van der Waals surface area contributed by atoms with Crippen molar-refractivity contribution in [1.82, 2.24) is 4.90 Å². The van der Waals surface area contributed by atoms with E-state index in [0.717, 1.165) is 24.0 Å². The van der Waals surface area contributed by atoms with Crippen LogP contribution in [0.4, 0.5) is 4.79 Å². The van der Waals surface area contributed by atoms with E-state index in [0.29, 0.717) is 25.4 Å². The van der Waals surface area contributed by atoms with Crippen LogP contribution in [-0.2, 0) is 11.3 Å². The molecule has 1 N–H and O–H groups in total. The normalized spacial score (nSPS) is 15.0. The molecule has 0 aliphatic carbocycles. The number of hydrogen-bond acceptors (Lipinski definition) is 4. The maximum absolute atomic E-state index is 12.2. The lowest BCUT2D eigenvalue weighted by Crippen LogP contribution is -2.41. The third-order valence-electron chi connectivity index (χ3n) is 5.09. The Labute approximate surface area is 177 Å². The summed E-state index contributed by atoms with van der Waals surface area (Å²) in [4.78, 5) is 25.8. The lowest BCUT2D eigenvalue weighted by molar-refractivity contribution is 0.0204. The molecular formula is C24H29NO5. The number of carboxylic acid groups (broad SMARTS) is 1. The molecule has 3 rings (SSSR count). The minimum absolute atomic E-state index is 0.165. The van der Waals surface area contributed by atoms with Crippen LogP contribution in [0.15, 0.2) is 48.5 Å². The van der Waals surface area contributed by atoms with Gasteiger partial charge in [-0.1, -0.05) is 36.4 Å². The SMILES string of the molecule is CC(C)(C)OC(=O)N1CCC(c2ccc(OCc3ccccc3)c(C(=O)O)c2)CC1. The summed E-state index contributed by atoms with van der Waals surface area (Å²) in [6, 6.07) is 15.0. The summed E-state index contributed by atoms with van der Waals surface area (Å²) in [5.41, 5.74) is 1.59. The van der Waals surface area contributed by atoms with Crippen molar-refractivity contribution in [2.24, 2.45) is 0 Å². The number of aromatic carboxylic acids is 1. The van der Waals surface area contributed by atoms with Crippen LogP contribution in [0.5, 0.6) is 5.75 Å². The predicted molar refractivity (Wildman–Crippen MR) is 114 cm³/mol. The number of carbonyl (C=O) groups is 2. The molecule has 0 unspecified atom stereocenters. The monoisotopic (exact) mass is 411 g/mol. The summed E-state index contributed by atoms with van der Waals surface area (Å²) in [5, 5.41) is 9.66. The van der Waals surface area contributed by atoms with Crippen molar-refractivity contribution in [2.75, 3.05) is 13.1 Å². The molecule has 1 saturated heterocycles. The van der Waals surface area contributed by atoms with Crippen LogP contribution >= 0.6 is 0 Å². The highest BCUT2D eigenvalue weighted by Crippen LogP contribution is 2.32. The van der Waals surface area contributed by atoms with Gasteiger partial charge in [-0.2, -0.15) is 0 Å². The lowest BCUT2D eigenvalue weighted by Gasteiger charge is -2.33. The second kappa shape index (κ2) is 9.20. The van der Waals surface area contributed by atoms with Gasteiger partial charge in [0.05, 0.1) is 0 Å². The van der Waals surface area contributed by atoms with Crippen LogP contribution in [0.1, 0.15) is 61.0 Å². The fourth-order valence-corrected chi connectivity index (χ4v) is 3.55. The van der Waals surface area contributed by atoms with Crippen LogP contribution in [0.2, 0.25) is 0 Å². The van der Waals surface area contributed by atoms with Crippen LogP contribution in [0.25, 0.3) is 0 Å². The molecule has 6 heteroatoms. The van der Waals surface area contributed by atoms with Crippen molar-refractivity contribution < 1.29 is 24.2 Å². The lowest BCUT2D eigenvalue weighted by atomic mass is 9.88. The fourth-order valence-electron chi connectivity index (χ4n) is 3.55. The maximum Gasteiger partial charge on any atom is 0.410 e. The topological polar surface area (TPSA) is 76.1 Å². The van der Waals surface area contributed by atoms with E-state index in [9.17, 15) is 14.7 Å². The molecule has 2 aromatic rings. The van der Waals surface area contributed by atoms with Gasteiger partial charge in [-0.25, -0.2) is 9.59 Å². The molecule has 1 fully saturated rings. The van der Waals surface area contributed by atoms with E-state index < -0.39 is 11.6 Å². The first-order valence-corrected chi connectivity index (χ1v) is 10.2. The first-order chi connectivity index (χ1) is 14.2. The Hall–Kier alpha value is -3.02. The van der Waals surface area contributed by atoms with Gasteiger partial charge in [-0.15, -0.1) is 0 Å². The van der Waals surface area contributed by atoms with E-state index in [2.05, 4.69) is 0 Å². The standard InChI is InChI=1S/C24H29NO5/c1-24(2,3)30-23(28)25-13-11-18(12-14-25)19-9-10-21(20(15-19)22(26)27)29-16-17-7-5-4-6-8-17/h4-10,15,18H,11-14,16H2,1-3H3,(H,26,27). The number of amides is 1. The molecule has 0 atom stereocenters. The van der Waals surface area contributed by atoms with Crippen molar-refractivity contribution in [3.8, 4) is 5.75 Å². The van der Waals surface area contributed by atoms with Crippen LogP contribution in [-0.4, -0.2) is 40.8 Å². The highest BCUT2D eigenvalue weighted by Gasteiger charge is 2.28. The Morgan fingerprint density at radius 2 is 1.73 bits per heavy atom. The number of carboxylic acids is 1. The van der Waals surface area contributed by atoms with Gasteiger partial charge in [0.25, 0.3) is 0 Å². The second-order valence-electron chi connectivity index (χ2n) is 8.58. The summed E-state index contributed by atoms with van der Waals surface area (Å²) in [5.74, 6) is -0.447. The quantitative estimate of drug-likeness (QED) is 0.743. The van der Waals surface area contributed by atoms with Crippen molar-refractivity contribution in [3.05, 3.63) is 65.2 Å². The molecule has 6 nitrogen and oxygen atoms in total. The van der Waals surface area contributed by atoms with E-state index in [4.69, 9.17) is 9.47 Å². The number of likely N-dealkylation sites (tertiary alicyclic amines) is 1. The molecule has 160 valence electrons. The van der Waals surface area contributed by atoms with Crippen molar-refractivity contribution in [2.45, 2.75) is 51.7 Å². The summed E-state index contributed by atoms with van der Waals surface area (Å²) in [7, 11) is 0. The van der Waals surface area contributed by atoms with Gasteiger partial charge in [-0.05, 0) is 62.8 Å². The molecule has 0 spiro atoms. The van der Waals surface area contributed by atoms with E-state index >= 15 is 0 Å². The number of piperidine rings is 1. The van der Waals surface area contributed by atoms with Gasteiger partial charge in [0, 0.05) is 13.1 Å². The zero-order chi connectivity index (χ0) is 21.7. The van der Waals surface area contributed by atoms with Crippen molar-refractivity contribution in [1.29, 1.82) is 0 Å². The van der Waals surface area contributed by atoms with Crippen LogP contribution in [0.3, 0.4) is 0 Å². The Bertz CT molecular complexity index is 880. The van der Waals surface area contributed by atoms with Crippen molar-refractivity contribution >= 4 is 12.1 Å². The van der Waals surface area contributed by atoms with Crippen LogP contribution < -0.4 is 4.74 Å². The third-order valence-corrected chi connectivity index (χ3v) is 5.09. The van der Waals surface area contributed by atoms with Gasteiger partial charge >= 0.3 is 12.1 Å². The molecule has 0 radical (unpaired) electrons. The zero-order valence-corrected chi connectivity index (χ0v) is 17.8. The molecule has 30 heavy (non-hydrogen) atoms. The van der Waals surface area contributed by atoms with E-state index in [1.165, 1.54) is 0 Å². The predicted octanol–water partition coefficient (Wildman–Crippen LogP) is 5.08. The summed E-state index contributed by atoms with van der Waals surface area (Å²) >= 11 is 0. The first kappa shape index (κ1) is 21.7. The number of nitrogens with zero attached hydrogens (tertiary/aromatic N) is 1. The molecule has 0 aromatic heterocycles. The first-order valence-electron chi connectivity index (χ1n) is 10.2. The summed E-state index contributed by atoms with van der Waals surface area (Å²) in [6.45, 7) is 7.06. The van der Waals surface area contributed by atoms with E-state index in [1.54, 1.807) is 17.0 Å². The molecule has 0 bridgehead atoms. The number of carbonyl (C=O) groups excluding carboxylic acids is 1. The number of ether oxygens (including phenoxy) is 2. The largest absolute Gasteiger partial charge is 0.488 e. The fraction of sp³-hybridized carbons (Fsp3) is 0.417. The van der Waals surface area contributed by atoms with Gasteiger partial charge in [0.15, 0.2) is 0 Å². The Balaban J connectivity index is 1.65. The van der Waals surface area contributed by atoms with Gasteiger partial charge in [-0.3, -0.25) is 0 Å². The van der Waals surface area contributed by atoms with Gasteiger partial charge in [0.2, 0.25) is 0 Å². The smallest absolute Gasteiger partial charge is 0.410 e. The Morgan fingerprint density at radius 3 is 2.33 bits per heavy atom. The van der Waals surface area contributed by atoms with E-state index in [1.807, 2.05) is 57.2 Å². The zero-order valence-electron chi connectivity index (χ0n) is 17.8. The maximum atomic E-state index is 12.2. The highest BCUT2D eigenvalue weighted by molar-refractivity contribution is 5.91. The Morgan fingerprint density at radius 1 is 1.07 bits per heavy atom. The van der Waals surface area contributed by atoms with E-state index in [-0.39, 0.29) is 17.6 Å². The molecular weight excluding hydrogens is 382 g/mol.